The van der Waals surface area contributed by atoms with E-state index in [0.717, 1.165) is 10.4 Å². The summed E-state index contributed by atoms with van der Waals surface area (Å²) < 4.78 is 0. The Bertz CT molecular complexity index is 391. The Kier molecular flexibility index (Phi) is 3.28. The van der Waals surface area contributed by atoms with Gasteiger partial charge in [-0.05, 0) is 23.9 Å². The molecule has 0 unspecified atom stereocenters. The number of rotatable bonds is 2. The lowest BCUT2D eigenvalue weighted by molar-refractivity contribution is 0.0585. The van der Waals surface area contributed by atoms with Crippen LogP contribution in [0.2, 0.25) is 0 Å². The van der Waals surface area contributed by atoms with Gasteiger partial charge in [-0.2, -0.15) is 0 Å². The van der Waals surface area contributed by atoms with Gasteiger partial charge in [0.15, 0.2) is 0 Å². The number of aryl methyl sites for hydroxylation is 1. The Morgan fingerprint density at radius 2 is 2.38 bits per heavy atom. The molecule has 1 aromatic rings. The van der Waals surface area contributed by atoms with Crippen LogP contribution in [0, 0.1) is 6.92 Å². The van der Waals surface area contributed by atoms with Crippen LogP contribution in [0.15, 0.2) is 11.4 Å². The molecular formula is C11H16N2O2S. The van der Waals surface area contributed by atoms with Gasteiger partial charge in [-0.25, -0.2) is 0 Å². The number of hydrogen-bond donors (Lipinski definition) is 2. The molecule has 1 amide bonds. The molecular weight excluding hydrogens is 224 g/mol. The van der Waals surface area contributed by atoms with E-state index in [1.165, 1.54) is 11.3 Å². The first-order valence-corrected chi connectivity index (χ1v) is 6.19. The number of nitrogens with zero attached hydrogens (tertiary/aromatic N) is 1. The van der Waals surface area contributed by atoms with Crippen LogP contribution in [0.25, 0.3) is 0 Å². The van der Waals surface area contributed by atoms with Gasteiger partial charge in [-0.15, -0.1) is 11.3 Å². The molecule has 88 valence electrons. The third kappa shape index (κ3) is 1.98. The number of carbonyl (C=O) groups excluding carboxylic acids is 1. The second-order valence-corrected chi connectivity index (χ2v) is 5.06. The molecule has 1 aliphatic rings. The van der Waals surface area contributed by atoms with Crippen molar-refractivity contribution in [3.8, 4) is 0 Å². The van der Waals surface area contributed by atoms with E-state index in [9.17, 15) is 9.90 Å². The summed E-state index contributed by atoms with van der Waals surface area (Å²) in [6, 6.07) is 1.82. The quantitative estimate of drug-likeness (QED) is 0.789. The van der Waals surface area contributed by atoms with Gasteiger partial charge in [-0.3, -0.25) is 4.79 Å². The van der Waals surface area contributed by atoms with Crippen molar-refractivity contribution in [2.45, 2.75) is 19.1 Å². The molecule has 1 saturated heterocycles. The van der Waals surface area contributed by atoms with Gasteiger partial charge in [-0.1, -0.05) is 0 Å². The summed E-state index contributed by atoms with van der Waals surface area (Å²) in [6.45, 7) is 3.15. The maximum absolute atomic E-state index is 12.2. The van der Waals surface area contributed by atoms with E-state index in [4.69, 9.17) is 0 Å². The fraction of sp³-hybridized carbons (Fsp3) is 0.545. The first kappa shape index (κ1) is 11.6. The Balaban J connectivity index is 2.13. The number of amides is 1. The fourth-order valence-corrected chi connectivity index (χ4v) is 2.86. The van der Waals surface area contributed by atoms with Crippen LogP contribution in [-0.2, 0) is 0 Å². The van der Waals surface area contributed by atoms with Gasteiger partial charge in [0, 0.05) is 20.1 Å². The molecule has 1 aliphatic heterocycles. The third-order valence-corrected chi connectivity index (χ3v) is 4.03. The molecule has 1 fully saturated rings. The zero-order valence-corrected chi connectivity index (χ0v) is 10.3. The van der Waals surface area contributed by atoms with Crippen LogP contribution in [0.5, 0.6) is 0 Å². The summed E-state index contributed by atoms with van der Waals surface area (Å²) in [5, 5.41) is 14.7. The first-order chi connectivity index (χ1) is 7.61. The smallest absolute Gasteiger partial charge is 0.264 e. The Morgan fingerprint density at radius 3 is 2.88 bits per heavy atom. The highest BCUT2D eigenvalue weighted by Gasteiger charge is 2.32. The van der Waals surface area contributed by atoms with Crippen molar-refractivity contribution in [3.05, 3.63) is 21.9 Å². The average Bonchev–Trinajstić information content (AvgIpc) is 2.85. The predicted octanol–water partition coefficient (Wildman–Crippen LogP) is 0.461. The van der Waals surface area contributed by atoms with E-state index in [-0.39, 0.29) is 11.9 Å². The van der Waals surface area contributed by atoms with Crippen LogP contribution < -0.4 is 5.32 Å². The highest BCUT2D eigenvalue weighted by molar-refractivity contribution is 7.12. The molecule has 0 spiro atoms. The summed E-state index contributed by atoms with van der Waals surface area (Å²) in [6.07, 6.45) is -0.464. The van der Waals surface area contributed by atoms with E-state index in [2.05, 4.69) is 5.32 Å². The molecule has 2 atom stereocenters. The predicted molar refractivity (Wildman–Crippen MR) is 63.8 cm³/mol. The first-order valence-electron chi connectivity index (χ1n) is 5.31. The normalized spacial score (nSPS) is 24.7. The second kappa shape index (κ2) is 4.53. The van der Waals surface area contributed by atoms with Crippen molar-refractivity contribution in [2.75, 3.05) is 20.1 Å². The molecule has 2 rings (SSSR count). The number of aliphatic hydroxyl groups is 1. The number of likely N-dealkylation sites (N-methyl/N-ethyl adjacent to an activating group) is 1. The topological polar surface area (TPSA) is 52.6 Å². The molecule has 5 heteroatoms. The molecule has 0 aromatic carbocycles. The van der Waals surface area contributed by atoms with Gasteiger partial charge < -0.3 is 15.3 Å². The number of β-amino-alcohol motifs (C(OH)–C–C–N with tert-alkyl or cyclic N) is 1. The van der Waals surface area contributed by atoms with Crippen LogP contribution in [0.4, 0.5) is 0 Å². The van der Waals surface area contributed by atoms with Crippen molar-refractivity contribution >= 4 is 17.2 Å². The van der Waals surface area contributed by atoms with E-state index >= 15 is 0 Å². The molecule has 4 nitrogen and oxygen atoms in total. The van der Waals surface area contributed by atoms with Crippen LogP contribution >= 0.6 is 11.3 Å². The monoisotopic (exact) mass is 240 g/mol. The molecule has 1 aromatic heterocycles. The molecule has 16 heavy (non-hydrogen) atoms. The van der Waals surface area contributed by atoms with Crippen molar-refractivity contribution in [2.24, 2.45) is 0 Å². The molecule has 0 saturated carbocycles. The summed E-state index contributed by atoms with van der Waals surface area (Å²) >= 11 is 1.45. The SMILES string of the molecule is Cc1ccsc1C(=O)N(C)[C@@H]1CNC[C@H]1O. The summed E-state index contributed by atoms with van der Waals surface area (Å²) in [5.74, 6) is 0.000231. The minimum atomic E-state index is -0.464. The van der Waals surface area contributed by atoms with E-state index in [1.807, 2.05) is 18.4 Å². The van der Waals surface area contributed by atoms with Crippen molar-refractivity contribution in [1.82, 2.24) is 10.2 Å². The van der Waals surface area contributed by atoms with E-state index in [0.29, 0.717) is 13.1 Å². The number of carbonyl (C=O) groups is 1. The highest BCUT2D eigenvalue weighted by Crippen LogP contribution is 2.19. The molecule has 2 heterocycles. The maximum atomic E-state index is 12.2. The number of nitrogens with one attached hydrogen (secondary N) is 1. The molecule has 2 N–H and O–H groups in total. The second-order valence-electron chi connectivity index (χ2n) is 4.14. The molecule has 0 radical (unpaired) electrons. The lowest BCUT2D eigenvalue weighted by Gasteiger charge is -2.26. The largest absolute Gasteiger partial charge is 0.390 e. The van der Waals surface area contributed by atoms with Gasteiger partial charge in [0.1, 0.15) is 0 Å². The highest BCUT2D eigenvalue weighted by atomic mass is 32.1. The minimum absolute atomic E-state index is 0.000231. The molecule has 0 aliphatic carbocycles. The lowest BCUT2D eigenvalue weighted by atomic mass is 10.1. The van der Waals surface area contributed by atoms with Gasteiger partial charge >= 0.3 is 0 Å². The summed E-state index contributed by atoms with van der Waals surface area (Å²) in [7, 11) is 1.75. The van der Waals surface area contributed by atoms with Crippen LogP contribution in [0.1, 0.15) is 15.2 Å². The molecule has 0 bridgehead atoms. The average molecular weight is 240 g/mol. The van der Waals surface area contributed by atoms with E-state index in [1.54, 1.807) is 11.9 Å². The van der Waals surface area contributed by atoms with Crippen LogP contribution in [0.3, 0.4) is 0 Å². The fourth-order valence-electron chi connectivity index (χ4n) is 1.95. The lowest BCUT2D eigenvalue weighted by Crippen LogP contribution is -2.44. The van der Waals surface area contributed by atoms with Gasteiger partial charge in [0.2, 0.25) is 0 Å². The van der Waals surface area contributed by atoms with Crippen molar-refractivity contribution in [3.63, 3.8) is 0 Å². The summed E-state index contributed by atoms with van der Waals surface area (Å²) in [4.78, 5) is 14.6. The van der Waals surface area contributed by atoms with Crippen molar-refractivity contribution < 1.29 is 9.90 Å². The Morgan fingerprint density at radius 1 is 1.62 bits per heavy atom. The number of thiophene rings is 1. The van der Waals surface area contributed by atoms with Crippen LogP contribution in [-0.4, -0.2) is 48.2 Å². The Labute approximate surface area is 98.9 Å². The van der Waals surface area contributed by atoms with Crippen molar-refractivity contribution in [1.29, 1.82) is 0 Å². The number of aliphatic hydroxyl groups excluding tert-OH is 1. The zero-order chi connectivity index (χ0) is 11.7. The number of hydrogen-bond acceptors (Lipinski definition) is 4. The third-order valence-electron chi connectivity index (χ3n) is 3.03. The van der Waals surface area contributed by atoms with Gasteiger partial charge in [0.25, 0.3) is 5.91 Å². The standard InChI is InChI=1S/C11H16N2O2S/c1-7-3-4-16-10(7)11(15)13(2)8-5-12-6-9(8)14/h3-4,8-9,12,14H,5-6H2,1-2H3/t8-,9-/m1/s1. The zero-order valence-electron chi connectivity index (χ0n) is 9.43. The maximum Gasteiger partial charge on any atom is 0.264 e. The van der Waals surface area contributed by atoms with Gasteiger partial charge in [0.05, 0.1) is 17.0 Å². The minimum Gasteiger partial charge on any atom is -0.390 e. The summed E-state index contributed by atoms with van der Waals surface area (Å²) in [5.41, 5.74) is 1.00. The van der Waals surface area contributed by atoms with E-state index < -0.39 is 6.10 Å². The Hall–Kier alpha value is -0.910.